The fourth-order valence-corrected chi connectivity index (χ4v) is 5.88. The Hall–Kier alpha value is -2.63. The van der Waals surface area contributed by atoms with E-state index in [9.17, 15) is 29.3 Å². The summed E-state index contributed by atoms with van der Waals surface area (Å²) in [5, 5.41) is 28.4. The normalized spacial score (nSPS) is 15.2. The van der Waals surface area contributed by atoms with Gasteiger partial charge in [0.25, 0.3) is 0 Å². The summed E-state index contributed by atoms with van der Waals surface area (Å²) in [6.07, 6.45) is 40.4. The monoisotopic (exact) mass is 811 g/mol. The van der Waals surface area contributed by atoms with Crippen molar-refractivity contribution in [2.45, 2.75) is 167 Å². The summed E-state index contributed by atoms with van der Waals surface area (Å²) in [7, 11) is -4.65. The van der Waals surface area contributed by atoms with Gasteiger partial charge >= 0.3 is 19.8 Å². The van der Waals surface area contributed by atoms with Gasteiger partial charge in [0.05, 0.1) is 25.9 Å². The first-order valence-electron chi connectivity index (χ1n) is 21.0. The van der Waals surface area contributed by atoms with Crippen LogP contribution in [0.25, 0.3) is 0 Å². The second kappa shape index (κ2) is 39.2. The summed E-state index contributed by atoms with van der Waals surface area (Å²) in [5.74, 6) is -1.05. The number of rotatable bonds is 38. The molecule has 322 valence electrons. The van der Waals surface area contributed by atoms with E-state index in [2.05, 4.69) is 48.8 Å². The molecule has 4 atom stereocenters. The minimum atomic E-state index is -4.65. The van der Waals surface area contributed by atoms with Gasteiger partial charge in [-0.2, -0.15) is 0 Å². The molecule has 0 fully saturated rings. The number of carbonyl (C=O) groups is 2. The molecule has 4 N–H and O–H groups in total. The van der Waals surface area contributed by atoms with E-state index in [4.69, 9.17) is 19.1 Å². The van der Waals surface area contributed by atoms with Crippen molar-refractivity contribution in [2.24, 2.45) is 0 Å². The highest BCUT2D eigenvalue weighted by Gasteiger charge is 2.27. The quantitative estimate of drug-likeness (QED) is 0.0154. The average molecular weight is 811 g/mol. The lowest BCUT2D eigenvalue weighted by molar-refractivity contribution is -0.161. The summed E-state index contributed by atoms with van der Waals surface area (Å²) in [6, 6.07) is 0. The lowest BCUT2D eigenvalue weighted by Gasteiger charge is -2.20. The zero-order valence-corrected chi connectivity index (χ0v) is 35.3. The molecule has 1 unspecified atom stereocenters. The van der Waals surface area contributed by atoms with Crippen molar-refractivity contribution in [2.75, 3.05) is 26.4 Å². The molecule has 0 amide bonds. The molecule has 11 nitrogen and oxygen atoms in total. The molecule has 0 bridgehead atoms. The molecule has 0 radical (unpaired) electrons. The predicted molar refractivity (Wildman–Crippen MR) is 225 cm³/mol. The first-order valence-corrected chi connectivity index (χ1v) is 22.5. The van der Waals surface area contributed by atoms with E-state index >= 15 is 0 Å². The Bertz CT molecular complexity index is 1180. The van der Waals surface area contributed by atoms with E-state index in [0.717, 1.165) is 51.4 Å². The molecule has 0 saturated heterocycles. The molecule has 56 heavy (non-hydrogen) atoms. The van der Waals surface area contributed by atoms with Gasteiger partial charge < -0.3 is 29.7 Å². The van der Waals surface area contributed by atoms with Gasteiger partial charge in [0.2, 0.25) is 0 Å². The molecule has 0 aromatic rings. The smallest absolute Gasteiger partial charge is 0.462 e. The molecule has 0 aliphatic heterocycles. The molecule has 0 aliphatic carbocycles. The van der Waals surface area contributed by atoms with Crippen molar-refractivity contribution < 1.29 is 52.9 Å². The fraction of sp³-hybridized carbons (Fsp3) is 0.682. The molecular formula is C44H75O11P. The second-order valence-corrected chi connectivity index (χ2v) is 15.3. The van der Waals surface area contributed by atoms with Crippen LogP contribution in [0.15, 0.2) is 72.9 Å². The van der Waals surface area contributed by atoms with Gasteiger partial charge in [-0.3, -0.25) is 18.6 Å². The summed E-state index contributed by atoms with van der Waals surface area (Å²) < 4.78 is 32.6. The Kier molecular flexibility index (Phi) is 37.4. The molecular weight excluding hydrogens is 735 g/mol. The van der Waals surface area contributed by atoms with Gasteiger partial charge in [-0.1, -0.05) is 132 Å². The van der Waals surface area contributed by atoms with Crippen LogP contribution in [0, 0.1) is 0 Å². The number of unbranched alkanes of at least 4 members (excludes halogenated alkanes) is 12. The molecule has 0 aromatic heterocycles. The Morgan fingerprint density at radius 1 is 0.607 bits per heavy atom. The van der Waals surface area contributed by atoms with Crippen molar-refractivity contribution in [3.05, 3.63) is 72.9 Å². The second-order valence-electron chi connectivity index (χ2n) is 13.9. The topological polar surface area (TPSA) is 169 Å². The highest BCUT2D eigenvalue weighted by Crippen LogP contribution is 2.43. The van der Waals surface area contributed by atoms with E-state index in [-0.39, 0.29) is 19.4 Å². The number of phosphoric ester groups is 1. The molecule has 0 saturated carbocycles. The zero-order valence-electron chi connectivity index (χ0n) is 34.4. The predicted octanol–water partition coefficient (Wildman–Crippen LogP) is 9.86. The third kappa shape index (κ3) is 38.3. The van der Waals surface area contributed by atoms with Crippen molar-refractivity contribution in [1.82, 2.24) is 0 Å². The molecule has 0 aromatic carbocycles. The molecule has 0 spiro atoms. The Balaban J connectivity index is 4.51. The third-order valence-electron chi connectivity index (χ3n) is 8.41. The van der Waals surface area contributed by atoms with Crippen LogP contribution in [0.2, 0.25) is 0 Å². The van der Waals surface area contributed by atoms with Crippen LogP contribution in [0.4, 0.5) is 0 Å². The van der Waals surface area contributed by atoms with Crippen molar-refractivity contribution in [3.8, 4) is 0 Å². The highest BCUT2D eigenvalue weighted by molar-refractivity contribution is 7.47. The number of aliphatic hydroxyl groups is 3. The van der Waals surface area contributed by atoms with Gasteiger partial charge in [-0.15, -0.1) is 0 Å². The standard InChI is InChI=1S/C44H75O11P/c1-3-5-7-9-11-12-13-14-15-16-17-18-22-27-31-35-44(49)55-42(39-54-56(50,51)53-37-41(47)36-45)38-52-43(48)34-30-26-23-19-21-25-29-33-40(46)32-28-24-20-10-8-6-4-2/h11-12,14-15,19-20,23-25,28-29,32,40-42,45-47H,3-10,13,16-18,21-22,26-27,30-31,33-39H2,1-2H3,(H,50,51)/b12-11-,15-14-,23-19+,24-20-,29-25-,32-28-/t40-,41+,42-/m1/s1. The maximum absolute atomic E-state index is 12.6. The summed E-state index contributed by atoms with van der Waals surface area (Å²) >= 11 is 0. The first kappa shape index (κ1) is 53.4. The van der Waals surface area contributed by atoms with Crippen LogP contribution in [-0.4, -0.2) is 76.9 Å². The zero-order chi connectivity index (χ0) is 41.4. The number of carbonyl (C=O) groups excluding carboxylic acids is 2. The van der Waals surface area contributed by atoms with Gasteiger partial charge in [0.15, 0.2) is 6.10 Å². The largest absolute Gasteiger partial charge is 0.472 e. The Labute approximate surface area is 338 Å². The number of hydrogen-bond acceptors (Lipinski definition) is 10. The minimum absolute atomic E-state index is 0.125. The van der Waals surface area contributed by atoms with Crippen LogP contribution in [0.5, 0.6) is 0 Å². The van der Waals surface area contributed by atoms with Gasteiger partial charge in [-0.25, -0.2) is 4.57 Å². The lowest BCUT2D eigenvalue weighted by atomic mass is 10.1. The number of allylic oxidation sites excluding steroid dienone is 10. The molecule has 0 rings (SSSR count). The van der Waals surface area contributed by atoms with E-state index in [1.54, 1.807) is 6.08 Å². The fourth-order valence-electron chi connectivity index (χ4n) is 5.09. The van der Waals surface area contributed by atoms with Crippen LogP contribution in [0.1, 0.15) is 149 Å². The summed E-state index contributed by atoms with van der Waals surface area (Å²) in [5.41, 5.74) is 0. The highest BCUT2D eigenvalue weighted by atomic mass is 31.2. The van der Waals surface area contributed by atoms with Crippen LogP contribution < -0.4 is 0 Å². The van der Waals surface area contributed by atoms with E-state index < -0.39 is 57.9 Å². The van der Waals surface area contributed by atoms with Gasteiger partial charge in [0, 0.05) is 12.8 Å². The van der Waals surface area contributed by atoms with Crippen molar-refractivity contribution in [1.29, 1.82) is 0 Å². The van der Waals surface area contributed by atoms with Crippen LogP contribution >= 0.6 is 7.82 Å². The molecule has 0 heterocycles. The van der Waals surface area contributed by atoms with E-state index in [1.165, 1.54) is 38.5 Å². The van der Waals surface area contributed by atoms with Gasteiger partial charge in [-0.05, 0) is 77.0 Å². The Morgan fingerprint density at radius 2 is 1.14 bits per heavy atom. The van der Waals surface area contributed by atoms with E-state index in [1.807, 2.05) is 36.5 Å². The van der Waals surface area contributed by atoms with E-state index in [0.29, 0.717) is 32.1 Å². The third-order valence-corrected chi connectivity index (χ3v) is 9.36. The minimum Gasteiger partial charge on any atom is -0.462 e. The Morgan fingerprint density at radius 3 is 1.79 bits per heavy atom. The maximum atomic E-state index is 12.6. The first-order chi connectivity index (χ1) is 27.1. The average Bonchev–Trinajstić information content (AvgIpc) is 3.18. The SMILES string of the molecule is CCCCC/C=C\C=C/[C@@H](O)C/C=C\C/C=C/CCCC(=O)OC[C@H](COP(=O)(O)OC[C@@H](O)CO)OC(=O)CCCCCCC/C=C\C/C=C\CCCCC. The number of esters is 2. The van der Waals surface area contributed by atoms with Crippen molar-refractivity contribution in [3.63, 3.8) is 0 Å². The number of ether oxygens (including phenoxy) is 2. The maximum Gasteiger partial charge on any atom is 0.472 e. The molecule has 0 aliphatic rings. The number of hydrogen-bond donors (Lipinski definition) is 4. The number of aliphatic hydroxyl groups excluding tert-OH is 3. The summed E-state index contributed by atoms with van der Waals surface area (Å²) in [4.78, 5) is 34.9. The van der Waals surface area contributed by atoms with Crippen LogP contribution in [0.3, 0.4) is 0 Å². The molecule has 12 heteroatoms. The lowest BCUT2D eigenvalue weighted by Crippen LogP contribution is -2.29. The van der Waals surface area contributed by atoms with Gasteiger partial charge in [0.1, 0.15) is 12.7 Å². The number of phosphoric acid groups is 1. The van der Waals surface area contributed by atoms with Crippen molar-refractivity contribution >= 4 is 19.8 Å². The summed E-state index contributed by atoms with van der Waals surface area (Å²) in [6.45, 7) is 2.13. The van der Waals surface area contributed by atoms with Crippen LogP contribution in [-0.2, 0) is 32.7 Å².